The topological polar surface area (TPSA) is 63.3 Å². The molecule has 0 aromatic heterocycles. The number of hydrogen-bond acceptors (Lipinski definition) is 2. The molecule has 3 nitrogen and oxygen atoms in total. The van der Waals surface area contributed by atoms with E-state index in [0.717, 1.165) is 0 Å². The second-order valence-corrected chi connectivity index (χ2v) is 4.07. The quantitative estimate of drug-likeness (QED) is 0.637. The Morgan fingerprint density at radius 3 is 2.22 bits per heavy atom. The highest BCUT2D eigenvalue weighted by Gasteiger charge is 2.40. The monoisotopic (exact) mass is 265 g/mol. The second kappa shape index (κ2) is 4.47. The van der Waals surface area contributed by atoms with Crippen LogP contribution in [0.2, 0.25) is 0 Å². The third-order valence-corrected chi connectivity index (χ3v) is 2.42. The van der Waals surface area contributed by atoms with Gasteiger partial charge in [-0.1, -0.05) is 13.8 Å². The Morgan fingerprint density at radius 2 is 1.89 bits per heavy atom. The Labute approximate surface area is 100 Å². The molecule has 0 atom stereocenters. The van der Waals surface area contributed by atoms with E-state index < -0.39 is 46.3 Å². The highest BCUT2D eigenvalue weighted by molar-refractivity contribution is 5.91. The zero-order valence-corrected chi connectivity index (χ0v) is 9.60. The van der Waals surface area contributed by atoms with Gasteiger partial charge in [0.25, 0.3) is 0 Å². The summed E-state index contributed by atoms with van der Waals surface area (Å²) in [5.41, 5.74) is 1.36. The molecule has 0 radical (unpaired) electrons. The van der Waals surface area contributed by atoms with Crippen LogP contribution in [0.1, 0.15) is 41.3 Å². The molecule has 1 rings (SSSR count). The first-order valence-corrected chi connectivity index (χ1v) is 4.99. The van der Waals surface area contributed by atoms with Crippen molar-refractivity contribution in [3.63, 3.8) is 0 Å². The van der Waals surface area contributed by atoms with Crippen molar-refractivity contribution in [2.45, 2.75) is 25.9 Å². The van der Waals surface area contributed by atoms with E-state index >= 15 is 0 Å². The summed E-state index contributed by atoms with van der Waals surface area (Å²) in [6, 6.07) is 0.492. The fraction of sp³-hybridized carbons (Fsp3) is 0.364. The first-order valence-electron chi connectivity index (χ1n) is 4.99. The number of nitrogens with two attached hydrogens (primary N) is 1. The summed E-state index contributed by atoms with van der Waals surface area (Å²) in [5.74, 6) is -3.86. The molecule has 0 bridgehead atoms. The van der Waals surface area contributed by atoms with Crippen LogP contribution < -0.4 is 5.73 Å². The standard InChI is InChI=1S/C11H11F4NO2/c1-4(2)7-8(11(13,14)15)5(10(17)18)3-6(16)9(7)12/h3-4H,16H2,1-2H3,(H,17,18). The van der Waals surface area contributed by atoms with Gasteiger partial charge >= 0.3 is 12.1 Å². The molecule has 1 aromatic rings. The van der Waals surface area contributed by atoms with Crippen molar-refractivity contribution in [2.75, 3.05) is 5.73 Å². The maximum absolute atomic E-state index is 13.7. The fourth-order valence-corrected chi connectivity index (χ4v) is 1.72. The van der Waals surface area contributed by atoms with Crippen molar-refractivity contribution in [3.8, 4) is 0 Å². The number of carboxylic acids is 1. The van der Waals surface area contributed by atoms with Gasteiger partial charge in [0.05, 0.1) is 16.8 Å². The minimum atomic E-state index is -4.96. The summed E-state index contributed by atoms with van der Waals surface area (Å²) < 4.78 is 52.3. The Hall–Kier alpha value is -1.79. The molecule has 0 aliphatic heterocycles. The van der Waals surface area contributed by atoms with Gasteiger partial charge in [0.2, 0.25) is 0 Å². The van der Waals surface area contributed by atoms with Crippen LogP contribution in [0.5, 0.6) is 0 Å². The summed E-state index contributed by atoms with van der Waals surface area (Å²) in [5, 5.41) is 8.77. The number of benzene rings is 1. The van der Waals surface area contributed by atoms with Gasteiger partial charge in [-0.2, -0.15) is 13.2 Å². The predicted molar refractivity (Wildman–Crippen MR) is 56.9 cm³/mol. The molecule has 0 heterocycles. The molecule has 0 fully saturated rings. The zero-order valence-electron chi connectivity index (χ0n) is 9.60. The van der Waals surface area contributed by atoms with Crippen LogP contribution >= 0.6 is 0 Å². The van der Waals surface area contributed by atoms with Crippen LogP contribution in [0.3, 0.4) is 0 Å². The van der Waals surface area contributed by atoms with E-state index in [9.17, 15) is 22.4 Å². The summed E-state index contributed by atoms with van der Waals surface area (Å²) in [4.78, 5) is 10.8. The number of alkyl halides is 3. The molecule has 0 spiro atoms. The van der Waals surface area contributed by atoms with Crippen LogP contribution in [-0.2, 0) is 6.18 Å². The average Bonchev–Trinajstić information content (AvgIpc) is 2.18. The van der Waals surface area contributed by atoms with E-state index in [1.54, 1.807) is 0 Å². The lowest BCUT2D eigenvalue weighted by Crippen LogP contribution is -2.19. The lowest BCUT2D eigenvalue weighted by molar-refractivity contribution is -0.139. The van der Waals surface area contributed by atoms with Crippen LogP contribution in [0.4, 0.5) is 23.2 Å². The summed E-state index contributed by atoms with van der Waals surface area (Å²) >= 11 is 0. The molecule has 3 N–H and O–H groups in total. The van der Waals surface area contributed by atoms with Crippen LogP contribution in [0.15, 0.2) is 6.07 Å². The molecule has 18 heavy (non-hydrogen) atoms. The Balaban J connectivity index is 3.81. The lowest BCUT2D eigenvalue weighted by Gasteiger charge is -2.19. The minimum absolute atomic E-state index is 0.492. The van der Waals surface area contributed by atoms with Crippen molar-refractivity contribution >= 4 is 11.7 Å². The van der Waals surface area contributed by atoms with Crippen LogP contribution in [-0.4, -0.2) is 11.1 Å². The number of carbonyl (C=O) groups is 1. The molecule has 0 unspecified atom stereocenters. The van der Waals surface area contributed by atoms with Gasteiger partial charge < -0.3 is 10.8 Å². The number of aromatic carboxylic acids is 1. The fourth-order valence-electron chi connectivity index (χ4n) is 1.72. The maximum atomic E-state index is 13.7. The SMILES string of the molecule is CC(C)c1c(F)c(N)cc(C(=O)O)c1C(F)(F)F. The molecule has 0 saturated carbocycles. The molecular formula is C11H11F4NO2. The van der Waals surface area contributed by atoms with Crippen molar-refractivity contribution in [1.29, 1.82) is 0 Å². The molecule has 1 aromatic carbocycles. The summed E-state index contributed by atoms with van der Waals surface area (Å²) in [6.45, 7) is 2.66. The Kier molecular flexibility index (Phi) is 3.54. The van der Waals surface area contributed by atoms with E-state index in [-0.39, 0.29) is 0 Å². The lowest BCUT2D eigenvalue weighted by atomic mass is 9.91. The average molecular weight is 265 g/mol. The van der Waals surface area contributed by atoms with Gasteiger partial charge in [0.1, 0.15) is 5.82 Å². The first-order chi connectivity index (χ1) is 8.07. The van der Waals surface area contributed by atoms with Gasteiger partial charge in [-0.25, -0.2) is 9.18 Å². The molecule has 100 valence electrons. The van der Waals surface area contributed by atoms with Gasteiger partial charge in [0, 0.05) is 5.56 Å². The number of rotatable bonds is 2. The van der Waals surface area contributed by atoms with E-state index in [2.05, 4.69) is 0 Å². The van der Waals surface area contributed by atoms with Gasteiger partial charge in [0.15, 0.2) is 0 Å². The number of halogens is 4. The van der Waals surface area contributed by atoms with Gasteiger partial charge in [-0.05, 0) is 12.0 Å². The number of hydrogen-bond donors (Lipinski definition) is 2. The molecule has 7 heteroatoms. The number of nitrogen functional groups attached to an aromatic ring is 1. The first kappa shape index (κ1) is 14.3. The van der Waals surface area contributed by atoms with E-state index in [4.69, 9.17) is 10.8 Å². The number of anilines is 1. The predicted octanol–water partition coefficient (Wildman–Crippen LogP) is 3.25. The molecular weight excluding hydrogens is 254 g/mol. The Morgan fingerprint density at radius 1 is 1.39 bits per heavy atom. The van der Waals surface area contributed by atoms with Crippen molar-refractivity contribution in [1.82, 2.24) is 0 Å². The summed E-state index contributed by atoms with van der Waals surface area (Å²) in [6.07, 6.45) is -4.96. The summed E-state index contributed by atoms with van der Waals surface area (Å²) in [7, 11) is 0. The van der Waals surface area contributed by atoms with Crippen LogP contribution in [0, 0.1) is 5.82 Å². The van der Waals surface area contributed by atoms with E-state index in [1.807, 2.05) is 0 Å². The van der Waals surface area contributed by atoms with Crippen molar-refractivity contribution in [2.24, 2.45) is 0 Å². The second-order valence-electron chi connectivity index (χ2n) is 4.07. The molecule has 0 saturated heterocycles. The smallest absolute Gasteiger partial charge is 0.417 e. The molecule has 0 aliphatic rings. The molecule has 0 amide bonds. The third-order valence-electron chi connectivity index (χ3n) is 2.42. The number of carboxylic acid groups (broad SMARTS) is 1. The Bertz CT molecular complexity index is 495. The van der Waals surface area contributed by atoms with Gasteiger partial charge in [-0.15, -0.1) is 0 Å². The normalized spacial score (nSPS) is 11.9. The highest BCUT2D eigenvalue weighted by atomic mass is 19.4. The van der Waals surface area contributed by atoms with Crippen LogP contribution in [0.25, 0.3) is 0 Å². The van der Waals surface area contributed by atoms with Crippen molar-refractivity contribution in [3.05, 3.63) is 28.6 Å². The minimum Gasteiger partial charge on any atom is -0.478 e. The zero-order chi connectivity index (χ0) is 14.2. The third kappa shape index (κ3) is 2.39. The largest absolute Gasteiger partial charge is 0.478 e. The van der Waals surface area contributed by atoms with Crippen molar-refractivity contribution < 1.29 is 27.5 Å². The molecule has 0 aliphatic carbocycles. The maximum Gasteiger partial charge on any atom is 0.417 e. The van der Waals surface area contributed by atoms with Gasteiger partial charge in [-0.3, -0.25) is 0 Å². The van der Waals surface area contributed by atoms with E-state index in [0.29, 0.717) is 6.07 Å². The van der Waals surface area contributed by atoms with E-state index in [1.165, 1.54) is 13.8 Å². The highest BCUT2D eigenvalue weighted by Crippen LogP contribution is 2.40.